The van der Waals surface area contributed by atoms with E-state index >= 15 is 0 Å². The second-order valence-corrected chi connectivity index (χ2v) is 9.75. The average Bonchev–Trinajstić information content (AvgIpc) is 2.93. The summed E-state index contributed by atoms with van der Waals surface area (Å²) in [7, 11) is 0. The minimum atomic E-state index is -0.937. The van der Waals surface area contributed by atoms with Crippen molar-refractivity contribution < 1.29 is 23.8 Å². The van der Waals surface area contributed by atoms with Crippen molar-refractivity contribution in [1.29, 1.82) is 0 Å². The molecule has 2 aromatic carbocycles. The zero-order chi connectivity index (χ0) is 26.5. The van der Waals surface area contributed by atoms with Crippen LogP contribution in [-0.2, 0) is 34.8 Å². The fraction of sp³-hybridized carbons (Fsp3) is 0.379. The first-order valence-electron chi connectivity index (χ1n) is 13.0. The largest absolute Gasteiger partial charge is 0.481 e. The van der Waals surface area contributed by atoms with Gasteiger partial charge in [-0.3, -0.25) is 9.36 Å². The fourth-order valence-corrected chi connectivity index (χ4v) is 5.40. The number of nitrogens with one attached hydrogen (secondary N) is 1. The van der Waals surface area contributed by atoms with Crippen LogP contribution in [0, 0.1) is 5.92 Å². The molecular weight excluding hydrogens is 486 g/mol. The van der Waals surface area contributed by atoms with Crippen LogP contribution in [0.4, 0.5) is 4.79 Å². The molecule has 2 aliphatic rings. The molecular formula is C29H31N3O6. The molecule has 198 valence electrons. The molecule has 2 unspecified atom stereocenters. The van der Waals surface area contributed by atoms with Gasteiger partial charge in [0, 0.05) is 6.54 Å². The summed E-state index contributed by atoms with van der Waals surface area (Å²) in [6, 6.07) is 18.8. The number of nitrogens with zero attached hydrogens (tertiary/aromatic N) is 2. The molecule has 1 aromatic heterocycles. The van der Waals surface area contributed by atoms with Gasteiger partial charge in [-0.2, -0.15) is 0 Å². The molecule has 1 aliphatic carbocycles. The monoisotopic (exact) mass is 517 g/mol. The van der Waals surface area contributed by atoms with Crippen molar-refractivity contribution in [2.24, 2.45) is 5.92 Å². The highest BCUT2D eigenvalue weighted by molar-refractivity contribution is 5.90. The van der Waals surface area contributed by atoms with Gasteiger partial charge in [-0.15, -0.1) is 0 Å². The minimum Gasteiger partial charge on any atom is -0.481 e. The van der Waals surface area contributed by atoms with Crippen molar-refractivity contribution in [1.82, 2.24) is 14.9 Å². The summed E-state index contributed by atoms with van der Waals surface area (Å²) in [5.41, 5.74) is 0.143. The van der Waals surface area contributed by atoms with Gasteiger partial charge in [-0.05, 0) is 43.2 Å². The van der Waals surface area contributed by atoms with E-state index in [4.69, 9.17) is 14.2 Å². The van der Waals surface area contributed by atoms with E-state index in [9.17, 15) is 14.4 Å². The van der Waals surface area contributed by atoms with Crippen LogP contribution in [0.25, 0.3) is 0 Å². The third-order valence-electron chi connectivity index (χ3n) is 7.10. The molecule has 0 spiro atoms. The predicted octanol–water partition coefficient (Wildman–Crippen LogP) is 4.32. The van der Waals surface area contributed by atoms with E-state index < -0.39 is 23.2 Å². The molecule has 9 heteroatoms. The van der Waals surface area contributed by atoms with Gasteiger partial charge in [0.1, 0.15) is 24.6 Å². The topological polar surface area (TPSA) is 109 Å². The molecule has 2 bridgehead atoms. The van der Waals surface area contributed by atoms with E-state index in [0.717, 1.165) is 24.0 Å². The number of amides is 1. The molecule has 1 aliphatic heterocycles. The van der Waals surface area contributed by atoms with Gasteiger partial charge in [-0.1, -0.05) is 67.1 Å². The Hall–Kier alpha value is -4.14. The molecule has 2 heterocycles. The number of rotatable bonds is 8. The first kappa shape index (κ1) is 25.5. The van der Waals surface area contributed by atoms with E-state index in [2.05, 4.69) is 10.3 Å². The molecule has 3 aromatic rings. The van der Waals surface area contributed by atoms with Crippen molar-refractivity contribution >= 4 is 12.1 Å². The highest BCUT2D eigenvalue weighted by Crippen LogP contribution is 2.43. The Bertz CT molecular complexity index is 1360. The first-order chi connectivity index (χ1) is 18.5. The standard InChI is InChI=1S/C29H31N3O6/c1-2-36-26(34)23-24(37-18-20-10-5-3-6-11-20)25(33)32-17-22-14-9-15-29(16-22,27(32)30-23)31-28(35)38-19-21-12-7-4-8-13-21/h3-8,10-13,22H,2,9,14-19H2,1H3,(H,31,35). The lowest BCUT2D eigenvalue weighted by Crippen LogP contribution is -2.56. The second kappa shape index (κ2) is 11.1. The van der Waals surface area contributed by atoms with E-state index in [1.807, 2.05) is 60.7 Å². The van der Waals surface area contributed by atoms with Crippen molar-refractivity contribution in [3.8, 4) is 5.75 Å². The Kier molecular flexibility index (Phi) is 7.44. The van der Waals surface area contributed by atoms with Crippen LogP contribution in [0.15, 0.2) is 65.5 Å². The van der Waals surface area contributed by atoms with Crippen LogP contribution in [0.2, 0.25) is 0 Å². The van der Waals surface area contributed by atoms with Crippen LogP contribution in [-0.4, -0.2) is 28.2 Å². The van der Waals surface area contributed by atoms with Gasteiger partial charge in [0.2, 0.25) is 5.75 Å². The number of carbonyl (C=O) groups is 2. The number of carbonyl (C=O) groups excluding carboxylic acids is 2. The Balaban J connectivity index is 1.49. The van der Waals surface area contributed by atoms with Gasteiger partial charge >= 0.3 is 12.1 Å². The summed E-state index contributed by atoms with van der Waals surface area (Å²) >= 11 is 0. The molecule has 9 nitrogen and oxygen atoms in total. The summed E-state index contributed by atoms with van der Waals surface area (Å²) in [6.45, 7) is 2.46. The van der Waals surface area contributed by atoms with E-state index in [1.54, 1.807) is 11.5 Å². The van der Waals surface area contributed by atoms with Gasteiger partial charge in [-0.25, -0.2) is 14.6 Å². The Labute approximate surface area is 220 Å². The molecule has 1 N–H and O–H groups in total. The van der Waals surface area contributed by atoms with Crippen LogP contribution in [0.5, 0.6) is 5.75 Å². The number of hydrogen-bond acceptors (Lipinski definition) is 7. The molecule has 1 amide bonds. The number of hydrogen-bond donors (Lipinski definition) is 1. The van der Waals surface area contributed by atoms with E-state index in [0.29, 0.717) is 25.2 Å². The third-order valence-corrected chi connectivity index (χ3v) is 7.10. The summed E-state index contributed by atoms with van der Waals surface area (Å²) < 4.78 is 18.2. The highest BCUT2D eigenvalue weighted by atomic mass is 16.5. The van der Waals surface area contributed by atoms with Crippen LogP contribution >= 0.6 is 0 Å². The molecule has 5 rings (SSSR count). The molecule has 1 saturated carbocycles. The zero-order valence-electron chi connectivity index (χ0n) is 21.4. The highest BCUT2D eigenvalue weighted by Gasteiger charge is 2.47. The maximum atomic E-state index is 13.8. The van der Waals surface area contributed by atoms with E-state index in [1.165, 1.54) is 0 Å². The Morgan fingerprint density at radius 3 is 2.39 bits per heavy atom. The van der Waals surface area contributed by atoms with Crippen LogP contribution in [0.3, 0.4) is 0 Å². The molecule has 0 radical (unpaired) electrons. The number of fused-ring (bicyclic) bond motifs is 4. The minimum absolute atomic E-state index is 0.0994. The number of ether oxygens (including phenoxy) is 3. The lowest BCUT2D eigenvalue weighted by molar-refractivity contribution is 0.0506. The van der Waals surface area contributed by atoms with Crippen molar-refractivity contribution in [2.45, 2.75) is 57.9 Å². The molecule has 0 saturated heterocycles. The second-order valence-electron chi connectivity index (χ2n) is 9.75. The lowest BCUT2D eigenvalue weighted by atomic mass is 9.72. The third kappa shape index (κ3) is 5.27. The number of aromatic nitrogens is 2. The van der Waals surface area contributed by atoms with Crippen LogP contribution in [0.1, 0.15) is 60.0 Å². The summed E-state index contributed by atoms with van der Waals surface area (Å²) in [5, 5.41) is 3.02. The number of benzene rings is 2. The van der Waals surface area contributed by atoms with Gasteiger partial charge in [0.15, 0.2) is 5.69 Å². The number of alkyl carbamates (subject to hydrolysis) is 1. The maximum absolute atomic E-state index is 13.8. The van der Waals surface area contributed by atoms with Crippen LogP contribution < -0.4 is 15.6 Å². The first-order valence-corrected chi connectivity index (χ1v) is 13.0. The Morgan fingerprint density at radius 1 is 1.03 bits per heavy atom. The van der Waals surface area contributed by atoms with Gasteiger partial charge in [0.25, 0.3) is 5.56 Å². The lowest BCUT2D eigenvalue weighted by Gasteiger charge is -2.45. The molecule has 1 fully saturated rings. The fourth-order valence-electron chi connectivity index (χ4n) is 5.40. The van der Waals surface area contributed by atoms with Gasteiger partial charge < -0.3 is 19.5 Å². The van der Waals surface area contributed by atoms with Crippen molar-refractivity contribution in [3.05, 3.63) is 93.7 Å². The number of esters is 1. The van der Waals surface area contributed by atoms with Crippen molar-refractivity contribution in [2.75, 3.05) is 6.61 Å². The normalized spacial score (nSPS) is 19.7. The summed E-state index contributed by atoms with van der Waals surface area (Å²) in [6.07, 6.45) is 2.35. The zero-order valence-corrected chi connectivity index (χ0v) is 21.4. The predicted molar refractivity (Wildman–Crippen MR) is 139 cm³/mol. The maximum Gasteiger partial charge on any atom is 0.408 e. The summed E-state index contributed by atoms with van der Waals surface area (Å²) in [5.74, 6) is -0.376. The SMILES string of the molecule is CCOC(=O)c1nc2n(c(=O)c1OCc1ccccc1)CC1CCCC2(NC(=O)OCc2ccccc2)C1. The molecule has 38 heavy (non-hydrogen) atoms. The quantitative estimate of drug-likeness (QED) is 0.443. The van der Waals surface area contributed by atoms with Crippen molar-refractivity contribution in [3.63, 3.8) is 0 Å². The smallest absolute Gasteiger partial charge is 0.408 e. The Morgan fingerprint density at radius 2 is 1.71 bits per heavy atom. The van der Waals surface area contributed by atoms with Gasteiger partial charge in [0.05, 0.1) is 6.61 Å². The summed E-state index contributed by atoms with van der Waals surface area (Å²) in [4.78, 5) is 44.3. The van der Waals surface area contributed by atoms with E-state index in [-0.39, 0.29) is 37.2 Å². The molecule has 2 atom stereocenters. The average molecular weight is 518 g/mol.